The summed E-state index contributed by atoms with van der Waals surface area (Å²) in [4.78, 5) is 17.2. The normalized spacial score (nSPS) is 16.6. The van der Waals surface area contributed by atoms with Crippen molar-refractivity contribution in [2.24, 2.45) is 4.99 Å². The minimum atomic E-state index is -0.301. The molecule has 1 rings (SSSR count). The van der Waals surface area contributed by atoms with Crippen LogP contribution in [0, 0.1) is 0 Å². The molecule has 0 fully saturated rings. The van der Waals surface area contributed by atoms with E-state index in [9.17, 15) is 4.79 Å². The molecule has 0 saturated heterocycles. The quantitative estimate of drug-likeness (QED) is 0.631. The molecule has 1 aliphatic rings. The summed E-state index contributed by atoms with van der Waals surface area (Å²) in [5.74, 6) is 0.581. The summed E-state index contributed by atoms with van der Waals surface area (Å²) in [5, 5.41) is 0. The Morgan fingerprint density at radius 2 is 2.29 bits per heavy atom. The minimum Gasteiger partial charge on any atom is -0.483 e. The SMILES string of the molecule is COC1=NCCN(C(=O)OC(C)C)C1. The van der Waals surface area contributed by atoms with E-state index in [-0.39, 0.29) is 12.2 Å². The molecule has 0 unspecified atom stereocenters. The highest BCUT2D eigenvalue weighted by molar-refractivity contribution is 5.83. The number of ether oxygens (including phenoxy) is 2. The van der Waals surface area contributed by atoms with E-state index in [0.717, 1.165) is 0 Å². The molecular weight excluding hydrogens is 184 g/mol. The second-order valence-electron chi connectivity index (χ2n) is 3.33. The van der Waals surface area contributed by atoms with Gasteiger partial charge in [-0.3, -0.25) is 9.89 Å². The third-order valence-electron chi connectivity index (χ3n) is 1.81. The van der Waals surface area contributed by atoms with Gasteiger partial charge in [0.1, 0.15) is 0 Å². The van der Waals surface area contributed by atoms with E-state index in [1.807, 2.05) is 13.8 Å². The van der Waals surface area contributed by atoms with Crippen LogP contribution < -0.4 is 0 Å². The number of nitrogens with zero attached hydrogens (tertiary/aromatic N) is 2. The zero-order valence-electron chi connectivity index (χ0n) is 8.82. The van der Waals surface area contributed by atoms with Crippen LogP contribution in [-0.4, -0.2) is 49.7 Å². The molecule has 0 aromatic heterocycles. The fourth-order valence-electron chi connectivity index (χ4n) is 1.15. The summed E-state index contributed by atoms with van der Waals surface area (Å²) in [6, 6.07) is 0. The Labute approximate surface area is 83.7 Å². The van der Waals surface area contributed by atoms with Gasteiger partial charge in [0.2, 0.25) is 5.90 Å². The van der Waals surface area contributed by atoms with Crippen LogP contribution in [0.25, 0.3) is 0 Å². The van der Waals surface area contributed by atoms with Gasteiger partial charge in [0.25, 0.3) is 0 Å². The smallest absolute Gasteiger partial charge is 0.410 e. The Bertz CT molecular complexity index is 238. The van der Waals surface area contributed by atoms with Gasteiger partial charge in [-0.05, 0) is 13.8 Å². The lowest BCUT2D eigenvalue weighted by molar-refractivity contribution is 0.0791. The molecule has 14 heavy (non-hydrogen) atoms. The van der Waals surface area contributed by atoms with Gasteiger partial charge in [0, 0.05) is 6.54 Å². The van der Waals surface area contributed by atoms with Crippen molar-refractivity contribution in [2.45, 2.75) is 20.0 Å². The predicted molar refractivity (Wildman–Crippen MR) is 52.5 cm³/mol. The van der Waals surface area contributed by atoms with E-state index in [1.165, 1.54) is 0 Å². The zero-order chi connectivity index (χ0) is 10.6. The molecule has 1 amide bonds. The van der Waals surface area contributed by atoms with E-state index in [4.69, 9.17) is 9.47 Å². The molecule has 0 atom stereocenters. The standard InChI is InChI=1S/C9H16N2O3/c1-7(2)14-9(12)11-5-4-10-8(6-11)13-3/h7H,4-6H2,1-3H3. The highest BCUT2D eigenvalue weighted by atomic mass is 16.6. The van der Waals surface area contributed by atoms with Crippen LogP contribution in [0.5, 0.6) is 0 Å². The number of hydrogen-bond acceptors (Lipinski definition) is 4. The Hall–Kier alpha value is -1.26. The van der Waals surface area contributed by atoms with Crippen LogP contribution in [0.2, 0.25) is 0 Å². The van der Waals surface area contributed by atoms with Gasteiger partial charge >= 0.3 is 6.09 Å². The molecular formula is C9H16N2O3. The maximum Gasteiger partial charge on any atom is 0.410 e. The monoisotopic (exact) mass is 200 g/mol. The van der Waals surface area contributed by atoms with E-state index < -0.39 is 0 Å². The number of carbonyl (C=O) groups excluding carboxylic acids is 1. The molecule has 1 aliphatic heterocycles. The van der Waals surface area contributed by atoms with Gasteiger partial charge < -0.3 is 9.47 Å². The van der Waals surface area contributed by atoms with Gasteiger partial charge in [-0.1, -0.05) is 0 Å². The van der Waals surface area contributed by atoms with Crippen LogP contribution >= 0.6 is 0 Å². The van der Waals surface area contributed by atoms with Crippen molar-refractivity contribution in [3.05, 3.63) is 0 Å². The van der Waals surface area contributed by atoms with Crippen LogP contribution in [0.1, 0.15) is 13.8 Å². The Balaban J connectivity index is 2.46. The lowest BCUT2D eigenvalue weighted by Crippen LogP contribution is -2.42. The number of rotatable bonds is 1. The number of aliphatic imine (C=N–C) groups is 1. The molecule has 5 heteroatoms. The third kappa shape index (κ3) is 2.90. The third-order valence-corrected chi connectivity index (χ3v) is 1.81. The second-order valence-corrected chi connectivity index (χ2v) is 3.33. The highest BCUT2D eigenvalue weighted by Crippen LogP contribution is 2.03. The van der Waals surface area contributed by atoms with E-state index in [2.05, 4.69) is 4.99 Å². The molecule has 1 heterocycles. The van der Waals surface area contributed by atoms with Crippen LogP contribution in [0.4, 0.5) is 4.79 Å². The lowest BCUT2D eigenvalue weighted by Gasteiger charge is -2.25. The van der Waals surface area contributed by atoms with Gasteiger partial charge in [0.05, 0.1) is 26.3 Å². The van der Waals surface area contributed by atoms with E-state index in [1.54, 1.807) is 12.0 Å². The molecule has 0 aromatic carbocycles. The summed E-state index contributed by atoms with van der Waals surface area (Å²) in [7, 11) is 1.55. The van der Waals surface area contributed by atoms with Gasteiger partial charge in [0.15, 0.2) is 0 Å². The molecule has 0 aliphatic carbocycles. The van der Waals surface area contributed by atoms with E-state index in [0.29, 0.717) is 25.5 Å². The summed E-state index contributed by atoms with van der Waals surface area (Å²) >= 11 is 0. The van der Waals surface area contributed by atoms with Crippen molar-refractivity contribution in [3.63, 3.8) is 0 Å². The van der Waals surface area contributed by atoms with Gasteiger partial charge in [-0.15, -0.1) is 0 Å². The Kier molecular flexibility index (Phi) is 3.73. The maximum atomic E-state index is 11.5. The molecule has 0 aromatic rings. The fraction of sp³-hybridized carbons (Fsp3) is 0.778. The minimum absolute atomic E-state index is 0.0904. The van der Waals surface area contributed by atoms with Crippen LogP contribution in [-0.2, 0) is 9.47 Å². The summed E-state index contributed by atoms with van der Waals surface area (Å²) in [5.41, 5.74) is 0. The lowest BCUT2D eigenvalue weighted by atomic mass is 10.4. The van der Waals surface area contributed by atoms with Crippen molar-refractivity contribution in [3.8, 4) is 0 Å². The number of methoxy groups -OCH3 is 1. The van der Waals surface area contributed by atoms with Crippen LogP contribution in [0.15, 0.2) is 4.99 Å². The van der Waals surface area contributed by atoms with Crippen molar-refractivity contribution >= 4 is 12.0 Å². The largest absolute Gasteiger partial charge is 0.483 e. The molecule has 0 saturated carbocycles. The van der Waals surface area contributed by atoms with Crippen molar-refractivity contribution in [1.29, 1.82) is 0 Å². The predicted octanol–water partition coefficient (Wildman–Crippen LogP) is 0.892. The second kappa shape index (κ2) is 4.83. The van der Waals surface area contributed by atoms with Crippen molar-refractivity contribution in [1.82, 2.24) is 4.90 Å². The number of carbonyl (C=O) groups is 1. The average molecular weight is 200 g/mol. The molecule has 80 valence electrons. The Morgan fingerprint density at radius 1 is 1.57 bits per heavy atom. The van der Waals surface area contributed by atoms with Crippen LogP contribution in [0.3, 0.4) is 0 Å². The molecule has 0 bridgehead atoms. The molecule has 0 N–H and O–H groups in total. The van der Waals surface area contributed by atoms with Crippen molar-refractivity contribution in [2.75, 3.05) is 26.7 Å². The number of amides is 1. The van der Waals surface area contributed by atoms with Gasteiger partial charge in [-0.2, -0.15) is 0 Å². The fourth-order valence-corrected chi connectivity index (χ4v) is 1.15. The topological polar surface area (TPSA) is 51.1 Å². The first kappa shape index (κ1) is 10.8. The first-order valence-corrected chi connectivity index (χ1v) is 4.66. The average Bonchev–Trinajstić information content (AvgIpc) is 2.17. The van der Waals surface area contributed by atoms with E-state index >= 15 is 0 Å². The Morgan fingerprint density at radius 3 is 2.86 bits per heavy atom. The summed E-state index contributed by atoms with van der Waals surface area (Å²) in [6.07, 6.45) is -0.392. The number of hydrogen-bond donors (Lipinski definition) is 0. The first-order valence-electron chi connectivity index (χ1n) is 4.66. The summed E-state index contributed by atoms with van der Waals surface area (Å²) < 4.78 is 10.0. The molecule has 0 radical (unpaired) electrons. The molecule has 5 nitrogen and oxygen atoms in total. The maximum absolute atomic E-state index is 11.5. The summed E-state index contributed by atoms with van der Waals surface area (Å²) in [6.45, 7) is 5.23. The van der Waals surface area contributed by atoms with Gasteiger partial charge in [-0.25, -0.2) is 4.79 Å². The molecule has 0 spiro atoms. The zero-order valence-corrected chi connectivity index (χ0v) is 8.82. The van der Waals surface area contributed by atoms with Crippen molar-refractivity contribution < 1.29 is 14.3 Å². The first-order chi connectivity index (χ1) is 6.63. The highest BCUT2D eigenvalue weighted by Gasteiger charge is 2.21.